The van der Waals surface area contributed by atoms with Crippen LogP contribution in [0.5, 0.6) is 5.88 Å². The van der Waals surface area contributed by atoms with Crippen LogP contribution in [0.15, 0.2) is 36.4 Å². The van der Waals surface area contributed by atoms with Crippen LogP contribution in [0.2, 0.25) is 0 Å². The highest BCUT2D eigenvalue weighted by Crippen LogP contribution is 2.19. The smallest absolute Gasteiger partial charge is 0.219 e. The van der Waals surface area contributed by atoms with Crippen LogP contribution in [0, 0.1) is 0 Å². The van der Waals surface area contributed by atoms with Crippen molar-refractivity contribution in [3.8, 4) is 5.88 Å². The number of nitrogens with zero attached hydrogens (tertiary/aromatic N) is 2. The monoisotopic (exact) mass is 285 g/mol. The van der Waals surface area contributed by atoms with Crippen LogP contribution in [-0.4, -0.2) is 16.5 Å². The first kappa shape index (κ1) is 15.3. The number of anilines is 1. The minimum absolute atomic E-state index is 0.271. The molecule has 0 aliphatic rings. The largest absolute Gasteiger partial charge is 0.473 e. The topological polar surface area (TPSA) is 47.0 Å². The first-order chi connectivity index (χ1) is 10.2. The quantitative estimate of drug-likeness (QED) is 0.835. The van der Waals surface area contributed by atoms with E-state index in [1.54, 1.807) is 0 Å². The van der Waals surface area contributed by atoms with Gasteiger partial charge in [-0.05, 0) is 12.0 Å². The minimum Gasteiger partial charge on any atom is -0.473 e. The summed E-state index contributed by atoms with van der Waals surface area (Å²) in [7, 11) is 0. The molecule has 0 fully saturated rings. The van der Waals surface area contributed by atoms with Crippen LogP contribution in [-0.2, 0) is 6.61 Å². The normalized spacial score (nSPS) is 10.7. The Labute approximate surface area is 126 Å². The van der Waals surface area contributed by atoms with Crippen LogP contribution in [0.25, 0.3) is 0 Å². The maximum Gasteiger partial charge on any atom is 0.219 e. The van der Waals surface area contributed by atoms with Gasteiger partial charge in [0.15, 0.2) is 0 Å². The Morgan fingerprint density at radius 1 is 1.14 bits per heavy atom. The van der Waals surface area contributed by atoms with E-state index in [9.17, 15) is 0 Å². The van der Waals surface area contributed by atoms with Crippen molar-refractivity contribution in [2.24, 2.45) is 0 Å². The van der Waals surface area contributed by atoms with Crippen molar-refractivity contribution in [1.29, 1.82) is 0 Å². The summed E-state index contributed by atoms with van der Waals surface area (Å²) < 4.78 is 5.81. The number of rotatable bonds is 7. The molecule has 0 unspecified atom stereocenters. The Hall–Kier alpha value is -2.10. The molecule has 0 saturated carbocycles. The molecule has 1 heterocycles. The van der Waals surface area contributed by atoms with Crippen molar-refractivity contribution in [2.75, 3.05) is 11.9 Å². The lowest BCUT2D eigenvalue weighted by Gasteiger charge is -2.12. The molecular formula is C17H23N3O. The molecular weight excluding hydrogens is 262 g/mol. The van der Waals surface area contributed by atoms with Crippen LogP contribution in [0.1, 0.15) is 44.5 Å². The summed E-state index contributed by atoms with van der Waals surface area (Å²) in [6.45, 7) is 7.71. The predicted molar refractivity (Wildman–Crippen MR) is 85.7 cm³/mol. The number of nitrogens with one attached hydrogen (secondary N) is 1. The summed E-state index contributed by atoms with van der Waals surface area (Å²) in [6, 6.07) is 12.0. The van der Waals surface area contributed by atoms with Gasteiger partial charge in [-0.25, -0.2) is 4.98 Å². The molecule has 112 valence electrons. The molecule has 0 amide bonds. The summed E-state index contributed by atoms with van der Waals surface area (Å²) in [5.41, 5.74) is 1.13. The van der Waals surface area contributed by atoms with Gasteiger partial charge in [0.1, 0.15) is 18.2 Å². The van der Waals surface area contributed by atoms with Gasteiger partial charge in [-0.1, -0.05) is 51.1 Å². The van der Waals surface area contributed by atoms with Crippen molar-refractivity contribution in [3.05, 3.63) is 47.8 Å². The third kappa shape index (κ3) is 4.74. The van der Waals surface area contributed by atoms with Gasteiger partial charge in [0.2, 0.25) is 5.88 Å². The lowest BCUT2D eigenvalue weighted by Crippen LogP contribution is -2.08. The first-order valence-electron chi connectivity index (χ1n) is 7.48. The lowest BCUT2D eigenvalue weighted by molar-refractivity contribution is 0.292. The Kier molecular flexibility index (Phi) is 5.55. The van der Waals surface area contributed by atoms with Crippen LogP contribution >= 0.6 is 0 Å². The fraction of sp³-hybridized carbons (Fsp3) is 0.412. The Balaban J connectivity index is 2.11. The fourth-order valence-electron chi connectivity index (χ4n) is 1.85. The molecule has 2 aromatic rings. The van der Waals surface area contributed by atoms with E-state index in [2.05, 4.69) is 36.1 Å². The van der Waals surface area contributed by atoms with E-state index >= 15 is 0 Å². The number of hydrogen-bond acceptors (Lipinski definition) is 4. The van der Waals surface area contributed by atoms with Gasteiger partial charge in [-0.15, -0.1) is 0 Å². The zero-order valence-corrected chi connectivity index (χ0v) is 13.0. The van der Waals surface area contributed by atoms with Crippen molar-refractivity contribution in [1.82, 2.24) is 9.97 Å². The average Bonchev–Trinajstić information content (AvgIpc) is 2.51. The highest BCUT2D eigenvalue weighted by molar-refractivity contribution is 5.38. The molecule has 0 aliphatic heterocycles. The molecule has 1 aromatic heterocycles. The van der Waals surface area contributed by atoms with E-state index in [0.717, 1.165) is 30.2 Å². The van der Waals surface area contributed by atoms with Crippen molar-refractivity contribution < 1.29 is 4.74 Å². The highest BCUT2D eigenvalue weighted by Gasteiger charge is 2.09. The maximum absolute atomic E-state index is 5.81. The van der Waals surface area contributed by atoms with Crippen molar-refractivity contribution in [2.45, 2.75) is 39.7 Å². The zero-order chi connectivity index (χ0) is 15.1. The number of hydrogen-bond donors (Lipinski definition) is 1. The fourth-order valence-corrected chi connectivity index (χ4v) is 1.85. The molecule has 0 radical (unpaired) electrons. The second kappa shape index (κ2) is 7.62. The Bertz CT molecular complexity index is 555. The van der Waals surface area contributed by atoms with Gasteiger partial charge >= 0.3 is 0 Å². The standard InChI is InChI=1S/C17H23N3O/c1-4-10-18-15-11-16(20-17(19-15)13(2)3)21-12-14-8-6-5-7-9-14/h5-9,11,13H,4,10,12H2,1-3H3,(H,18,19,20). The van der Waals surface area contributed by atoms with Gasteiger partial charge in [-0.3, -0.25) is 0 Å². The first-order valence-corrected chi connectivity index (χ1v) is 7.48. The molecule has 0 saturated heterocycles. The summed E-state index contributed by atoms with van der Waals surface area (Å²) in [5.74, 6) is 2.53. The predicted octanol–water partition coefficient (Wildman–Crippen LogP) is 4.00. The molecule has 4 nitrogen and oxygen atoms in total. The number of benzene rings is 1. The molecule has 0 spiro atoms. The molecule has 1 aromatic carbocycles. The molecule has 4 heteroatoms. The van der Waals surface area contributed by atoms with Crippen molar-refractivity contribution >= 4 is 5.82 Å². The summed E-state index contributed by atoms with van der Waals surface area (Å²) in [5, 5.41) is 3.30. The number of ether oxygens (including phenoxy) is 1. The minimum atomic E-state index is 0.271. The van der Waals surface area contributed by atoms with Gasteiger partial charge in [0.25, 0.3) is 0 Å². The zero-order valence-electron chi connectivity index (χ0n) is 13.0. The Morgan fingerprint density at radius 3 is 2.57 bits per heavy atom. The summed E-state index contributed by atoms with van der Waals surface area (Å²) >= 11 is 0. The molecule has 21 heavy (non-hydrogen) atoms. The van der Waals surface area contributed by atoms with Crippen molar-refractivity contribution in [3.63, 3.8) is 0 Å². The second-order valence-corrected chi connectivity index (χ2v) is 5.31. The van der Waals surface area contributed by atoms with Gasteiger partial charge in [0.05, 0.1) is 0 Å². The van der Waals surface area contributed by atoms with Gasteiger partial charge < -0.3 is 10.1 Å². The lowest BCUT2D eigenvalue weighted by atomic mass is 10.2. The average molecular weight is 285 g/mol. The van der Waals surface area contributed by atoms with E-state index in [1.165, 1.54) is 0 Å². The van der Waals surface area contributed by atoms with Gasteiger partial charge in [0, 0.05) is 18.5 Å². The third-order valence-electron chi connectivity index (χ3n) is 3.02. The van der Waals surface area contributed by atoms with E-state index in [1.807, 2.05) is 36.4 Å². The van der Waals surface area contributed by atoms with E-state index in [0.29, 0.717) is 12.5 Å². The molecule has 0 bridgehead atoms. The molecule has 1 N–H and O–H groups in total. The summed E-state index contributed by atoms with van der Waals surface area (Å²) in [6.07, 6.45) is 1.06. The van der Waals surface area contributed by atoms with E-state index < -0.39 is 0 Å². The number of aromatic nitrogens is 2. The highest BCUT2D eigenvalue weighted by atomic mass is 16.5. The molecule has 0 atom stereocenters. The van der Waals surface area contributed by atoms with Crippen LogP contribution in [0.4, 0.5) is 5.82 Å². The van der Waals surface area contributed by atoms with Gasteiger partial charge in [-0.2, -0.15) is 4.98 Å². The summed E-state index contributed by atoms with van der Waals surface area (Å²) in [4.78, 5) is 9.01. The second-order valence-electron chi connectivity index (χ2n) is 5.31. The third-order valence-corrected chi connectivity index (χ3v) is 3.02. The molecule has 0 aliphatic carbocycles. The maximum atomic E-state index is 5.81. The van der Waals surface area contributed by atoms with E-state index in [4.69, 9.17) is 4.74 Å². The van der Waals surface area contributed by atoms with Crippen LogP contribution in [0.3, 0.4) is 0 Å². The molecule has 2 rings (SSSR count). The Morgan fingerprint density at radius 2 is 1.90 bits per heavy atom. The SMILES string of the molecule is CCCNc1cc(OCc2ccccc2)nc(C(C)C)n1. The van der Waals surface area contributed by atoms with E-state index in [-0.39, 0.29) is 5.92 Å². The van der Waals surface area contributed by atoms with Crippen LogP contribution < -0.4 is 10.1 Å².